The number of hydrogen-bond donors (Lipinski definition) is 0. The Bertz CT molecular complexity index is 255. The van der Waals surface area contributed by atoms with Crippen molar-refractivity contribution in [2.24, 2.45) is 0 Å². The van der Waals surface area contributed by atoms with Crippen molar-refractivity contribution in [3.05, 3.63) is 30.3 Å². The minimum Gasteiger partial charge on any atom is -0.0872 e. The molecule has 0 N–H and O–H groups in total. The number of rotatable bonds is 8. The molecule has 1 aromatic carbocycles. The summed E-state index contributed by atoms with van der Waals surface area (Å²) in [6.07, 6.45) is 8.35. The van der Waals surface area contributed by atoms with E-state index in [0.29, 0.717) is 0 Å². The van der Waals surface area contributed by atoms with Crippen LogP contribution in [-0.4, -0.2) is 5.66 Å². The fourth-order valence-corrected chi connectivity index (χ4v) is 3.37. The Kier molecular flexibility index (Phi) is 7.51. The minimum atomic E-state index is 0.916. The summed E-state index contributed by atoms with van der Waals surface area (Å²) in [5.41, 5.74) is 0.916. The molecule has 0 aliphatic heterocycles. The first-order valence-electron chi connectivity index (χ1n) is 6.68. The lowest BCUT2D eigenvalue weighted by molar-refractivity contribution is 0.609. The van der Waals surface area contributed by atoms with Gasteiger partial charge in [0.15, 0.2) is 0 Å². The summed E-state index contributed by atoms with van der Waals surface area (Å²) in [7, 11) is 1.01. The van der Waals surface area contributed by atoms with E-state index in [1.165, 1.54) is 43.8 Å². The molecule has 0 aliphatic carbocycles. The van der Waals surface area contributed by atoms with Crippen molar-refractivity contribution < 1.29 is 0 Å². The molecule has 1 rings (SSSR count). The lowest BCUT2D eigenvalue weighted by Gasteiger charge is -2.14. The van der Waals surface area contributed by atoms with Crippen molar-refractivity contribution in [2.45, 2.75) is 58.0 Å². The van der Waals surface area contributed by atoms with Crippen LogP contribution in [0, 0.1) is 0 Å². The smallest absolute Gasteiger partial charge is 0.0199 e. The zero-order valence-corrected chi connectivity index (χ0v) is 11.7. The molecule has 0 amide bonds. The SMILES string of the molecule is CCCCCCC(CC)Pc1ccccc1. The summed E-state index contributed by atoms with van der Waals surface area (Å²) in [4.78, 5) is 0. The summed E-state index contributed by atoms with van der Waals surface area (Å²) in [6.45, 7) is 4.61. The molecule has 0 spiro atoms. The van der Waals surface area contributed by atoms with Crippen LogP contribution in [0.2, 0.25) is 0 Å². The van der Waals surface area contributed by atoms with Crippen molar-refractivity contribution in [2.75, 3.05) is 0 Å². The Morgan fingerprint density at radius 3 is 2.38 bits per heavy atom. The van der Waals surface area contributed by atoms with Gasteiger partial charge in [-0.25, -0.2) is 0 Å². The monoisotopic (exact) mass is 236 g/mol. The van der Waals surface area contributed by atoms with Gasteiger partial charge in [-0.3, -0.25) is 0 Å². The highest BCUT2D eigenvalue weighted by Crippen LogP contribution is 2.26. The largest absolute Gasteiger partial charge is 0.0872 e. The molecule has 2 unspecified atom stereocenters. The maximum atomic E-state index is 2.33. The maximum Gasteiger partial charge on any atom is -0.0199 e. The molecule has 0 aliphatic rings. The van der Waals surface area contributed by atoms with Gasteiger partial charge in [-0.2, -0.15) is 0 Å². The molecular formula is C15H25P. The maximum absolute atomic E-state index is 2.33. The Hall–Kier alpha value is -0.350. The van der Waals surface area contributed by atoms with Crippen molar-refractivity contribution in [1.82, 2.24) is 0 Å². The van der Waals surface area contributed by atoms with Crippen LogP contribution in [0.4, 0.5) is 0 Å². The molecule has 0 bridgehead atoms. The Morgan fingerprint density at radius 2 is 1.75 bits per heavy atom. The first-order chi connectivity index (χ1) is 7.86. The topological polar surface area (TPSA) is 0 Å². The van der Waals surface area contributed by atoms with E-state index in [0.717, 1.165) is 14.2 Å². The molecule has 0 fully saturated rings. The van der Waals surface area contributed by atoms with E-state index in [4.69, 9.17) is 0 Å². The van der Waals surface area contributed by atoms with Gasteiger partial charge in [0.05, 0.1) is 0 Å². The fraction of sp³-hybridized carbons (Fsp3) is 0.600. The molecule has 2 atom stereocenters. The molecule has 0 nitrogen and oxygen atoms in total. The molecule has 1 heteroatoms. The molecular weight excluding hydrogens is 211 g/mol. The van der Waals surface area contributed by atoms with Gasteiger partial charge in [0.1, 0.15) is 0 Å². The van der Waals surface area contributed by atoms with Gasteiger partial charge in [-0.05, 0) is 23.8 Å². The van der Waals surface area contributed by atoms with Gasteiger partial charge < -0.3 is 0 Å². The van der Waals surface area contributed by atoms with Crippen LogP contribution in [0.3, 0.4) is 0 Å². The molecule has 0 radical (unpaired) electrons. The third-order valence-corrected chi connectivity index (χ3v) is 4.82. The van der Waals surface area contributed by atoms with E-state index in [9.17, 15) is 0 Å². The highest BCUT2D eigenvalue weighted by molar-refractivity contribution is 7.48. The van der Waals surface area contributed by atoms with Gasteiger partial charge in [0.25, 0.3) is 0 Å². The van der Waals surface area contributed by atoms with E-state index in [1.807, 2.05) is 0 Å². The Morgan fingerprint density at radius 1 is 1.00 bits per heavy atom. The summed E-state index contributed by atoms with van der Waals surface area (Å²) < 4.78 is 0. The average Bonchev–Trinajstić information content (AvgIpc) is 2.34. The molecule has 0 saturated carbocycles. The summed E-state index contributed by atoms with van der Waals surface area (Å²) in [5, 5.41) is 1.53. The quantitative estimate of drug-likeness (QED) is 0.452. The lowest BCUT2D eigenvalue weighted by atomic mass is 10.1. The van der Waals surface area contributed by atoms with Crippen molar-refractivity contribution in [3.8, 4) is 0 Å². The Labute approximate surface area is 103 Å². The van der Waals surface area contributed by atoms with Crippen molar-refractivity contribution in [3.63, 3.8) is 0 Å². The van der Waals surface area contributed by atoms with Crippen molar-refractivity contribution in [1.29, 1.82) is 0 Å². The summed E-state index contributed by atoms with van der Waals surface area (Å²) in [6, 6.07) is 11.0. The predicted octanol–water partition coefficient (Wildman–Crippen LogP) is 4.74. The second-order valence-electron chi connectivity index (χ2n) is 4.46. The molecule has 16 heavy (non-hydrogen) atoms. The van der Waals surface area contributed by atoms with Crippen LogP contribution < -0.4 is 5.30 Å². The second-order valence-corrected chi connectivity index (χ2v) is 6.15. The first-order valence-corrected chi connectivity index (χ1v) is 7.76. The van der Waals surface area contributed by atoms with Crippen LogP contribution in [0.25, 0.3) is 0 Å². The number of hydrogen-bond acceptors (Lipinski definition) is 0. The third-order valence-electron chi connectivity index (χ3n) is 3.04. The fourth-order valence-electron chi connectivity index (χ4n) is 1.97. The lowest BCUT2D eigenvalue weighted by Crippen LogP contribution is -2.05. The molecule has 0 heterocycles. The van der Waals surface area contributed by atoms with E-state index >= 15 is 0 Å². The average molecular weight is 236 g/mol. The third kappa shape index (κ3) is 5.66. The normalized spacial score (nSPS) is 13.4. The van der Waals surface area contributed by atoms with E-state index < -0.39 is 0 Å². The van der Waals surface area contributed by atoms with Gasteiger partial charge in [0.2, 0.25) is 0 Å². The van der Waals surface area contributed by atoms with Gasteiger partial charge in [0, 0.05) is 0 Å². The highest BCUT2D eigenvalue weighted by Gasteiger charge is 2.06. The van der Waals surface area contributed by atoms with Gasteiger partial charge in [-0.15, -0.1) is 0 Å². The van der Waals surface area contributed by atoms with Gasteiger partial charge in [-0.1, -0.05) is 78.4 Å². The van der Waals surface area contributed by atoms with E-state index in [-0.39, 0.29) is 0 Å². The van der Waals surface area contributed by atoms with Crippen molar-refractivity contribution >= 4 is 13.9 Å². The zero-order valence-electron chi connectivity index (χ0n) is 10.7. The molecule has 90 valence electrons. The minimum absolute atomic E-state index is 0.916. The zero-order chi connectivity index (χ0) is 11.6. The summed E-state index contributed by atoms with van der Waals surface area (Å²) in [5.74, 6) is 0. The number of unbranched alkanes of at least 4 members (excludes halogenated alkanes) is 3. The van der Waals surface area contributed by atoms with Crippen LogP contribution in [0.15, 0.2) is 30.3 Å². The van der Waals surface area contributed by atoms with Gasteiger partial charge >= 0.3 is 0 Å². The highest BCUT2D eigenvalue weighted by atomic mass is 31.1. The molecule has 0 aromatic heterocycles. The van der Waals surface area contributed by atoms with Crippen LogP contribution in [-0.2, 0) is 0 Å². The summed E-state index contributed by atoms with van der Waals surface area (Å²) >= 11 is 0. The van der Waals surface area contributed by atoms with Crippen LogP contribution in [0.1, 0.15) is 52.4 Å². The van der Waals surface area contributed by atoms with Crippen LogP contribution in [0.5, 0.6) is 0 Å². The standard InChI is InChI=1S/C15H25P/c1-3-5-6-8-11-14(4-2)16-15-12-9-7-10-13-15/h7,9-10,12-14,16H,3-6,8,11H2,1-2H3. The van der Waals surface area contributed by atoms with Crippen LogP contribution >= 0.6 is 8.58 Å². The number of benzene rings is 1. The predicted molar refractivity (Wildman–Crippen MR) is 77.2 cm³/mol. The Balaban J connectivity index is 2.26. The molecule has 0 saturated heterocycles. The molecule has 1 aromatic rings. The first kappa shape index (κ1) is 13.7. The van der Waals surface area contributed by atoms with E-state index in [2.05, 4.69) is 44.2 Å². The second kappa shape index (κ2) is 8.76. The van der Waals surface area contributed by atoms with E-state index in [1.54, 1.807) is 0 Å².